The van der Waals surface area contributed by atoms with E-state index in [0.29, 0.717) is 22.5 Å². The van der Waals surface area contributed by atoms with Crippen molar-refractivity contribution in [2.45, 2.75) is 51.0 Å². The van der Waals surface area contributed by atoms with Gasteiger partial charge in [0.2, 0.25) is 5.95 Å². The van der Waals surface area contributed by atoms with Gasteiger partial charge in [-0.2, -0.15) is 9.61 Å². The van der Waals surface area contributed by atoms with Crippen molar-refractivity contribution in [1.82, 2.24) is 29.4 Å². The number of benzene rings is 1. The molecule has 0 saturated heterocycles. The quantitative estimate of drug-likeness (QED) is 0.553. The Bertz CT molecular complexity index is 1230. The Morgan fingerprint density at radius 3 is 2.83 bits per heavy atom. The lowest BCUT2D eigenvalue weighted by Gasteiger charge is -2.26. The van der Waals surface area contributed by atoms with Crippen molar-refractivity contribution >= 4 is 22.5 Å². The average Bonchev–Trinajstić information content (AvgIpc) is 3.42. The summed E-state index contributed by atoms with van der Waals surface area (Å²) in [6.45, 7) is 2.95. The first kappa shape index (κ1) is 18.8. The molecule has 2 N–H and O–H groups in total. The lowest BCUT2D eigenvalue weighted by atomic mass is 9.78. The predicted octanol–water partition coefficient (Wildman–Crippen LogP) is 3.67. The summed E-state index contributed by atoms with van der Waals surface area (Å²) < 4.78 is 22.9. The number of nitrogens with two attached hydrogens (primary N) is 1. The number of methoxy groups -OCH3 is 1. The van der Waals surface area contributed by atoms with Crippen molar-refractivity contribution < 1.29 is 9.13 Å². The molecule has 1 aliphatic carbocycles. The molecular formula is C21H24FN7O. The van der Waals surface area contributed by atoms with E-state index in [1.165, 1.54) is 29.3 Å². The maximum absolute atomic E-state index is 14.3. The average molecular weight is 409 g/mol. The SMILES string of the molecule is CCn1cc(C2CCC[C@H](c3nc4c5cc(F)c(OC)cc5nc(N)n4n3)C2)cn1. The highest BCUT2D eigenvalue weighted by Gasteiger charge is 2.28. The summed E-state index contributed by atoms with van der Waals surface area (Å²) in [5.74, 6) is 1.27. The molecule has 5 rings (SSSR count). The maximum Gasteiger partial charge on any atom is 0.223 e. The minimum atomic E-state index is -0.464. The number of nitrogen functional groups attached to an aromatic ring is 1. The first-order chi connectivity index (χ1) is 14.6. The van der Waals surface area contributed by atoms with Gasteiger partial charge in [-0.15, -0.1) is 5.10 Å². The van der Waals surface area contributed by atoms with E-state index in [1.807, 2.05) is 10.9 Å². The molecule has 1 unspecified atom stereocenters. The van der Waals surface area contributed by atoms with Gasteiger partial charge in [-0.05, 0) is 43.7 Å². The zero-order valence-corrected chi connectivity index (χ0v) is 17.0. The Hall–Kier alpha value is -3.23. The maximum atomic E-state index is 14.3. The van der Waals surface area contributed by atoms with Gasteiger partial charge in [0.1, 0.15) is 0 Å². The number of nitrogens with zero attached hydrogens (tertiary/aromatic N) is 6. The largest absolute Gasteiger partial charge is 0.494 e. The van der Waals surface area contributed by atoms with E-state index < -0.39 is 5.82 Å². The normalized spacial score (nSPS) is 19.6. The number of ether oxygens (including phenoxy) is 1. The van der Waals surface area contributed by atoms with Gasteiger partial charge in [-0.25, -0.2) is 14.4 Å². The van der Waals surface area contributed by atoms with E-state index in [-0.39, 0.29) is 17.6 Å². The molecule has 1 fully saturated rings. The first-order valence-electron chi connectivity index (χ1n) is 10.3. The summed E-state index contributed by atoms with van der Waals surface area (Å²) in [5, 5.41) is 9.64. The van der Waals surface area contributed by atoms with Crippen LogP contribution < -0.4 is 10.5 Å². The fraction of sp³-hybridized carbons (Fsp3) is 0.429. The lowest BCUT2D eigenvalue weighted by Crippen LogP contribution is -2.14. The van der Waals surface area contributed by atoms with Gasteiger partial charge in [0, 0.05) is 30.1 Å². The second-order valence-corrected chi connectivity index (χ2v) is 7.87. The van der Waals surface area contributed by atoms with Crippen molar-refractivity contribution in [3.05, 3.63) is 41.7 Å². The van der Waals surface area contributed by atoms with E-state index in [4.69, 9.17) is 15.5 Å². The van der Waals surface area contributed by atoms with Crippen LogP contribution in [0, 0.1) is 5.82 Å². The number of aryl methyl sites for hydroxylation is 1. The van der Waals surface area contributed by atoms with Crippen LogP contribution in [-0.2, 0) is 6.54 Å². The van der Waals surface area contributed by atoms with E-state index in [1.54, 1.807) is 0 Å². The summed E-state index contributed by atoms with van der Waals surface area (Å²) in [5.41, 5.74) is 8.46. The summed E-state index contributed by atoms with van der Waals surface area (Å²) in [4.78, 5) is 9.14. The summed E-state index contributed by atoms with van der Waals surface area (Å²) in [7, 11) is 1.42. The fourth-order valence-corrected chi connectivity index (χ4v) is 4.47. The number of fused-ring (bicyclic) bond motifs is 3. The minimum Gasteiger partial charge on any atom is -0.494 e. The molecule has 0 aliphatic heterocycles. The Balaban J connectivity index is 1.53. The Labute approximate surface area is 172 Å². The van der Waals surface area contributed by atoms with Crippen LogP contribution in [0.4, 0.5) is 10.3 Å². The van der Waals surface area contributed by atoms with Crippen molar-refractivity contribution in [3.8, 4) is 5.75 Å². The highest BCUT2D eigenvalue weighted by molar-refractivity contribution is 5.93. The summed E-state index contributed by atoms with van der Waals surface area (Å²) >= 11 is 0. The van der Waals surface area contributed by atoms with Crippen LogP contribution in [0.15, 0.2) is 24.5 Å². The van der Waals surface area contributed by atoms with Gasteiger partial charge in [-0.1, -0.05) is 6.42 Å². The van der Waals surface area contributed by atoms with Crippen LogP contribution in [0.5, 0.6) is 5.75 Å². The van der Waals surface area contributed by atoms with Crippen LogP contribution >= 0.6 is 0 Å². The molecule has 2 atom stereocenters. The minimum absolute atomic E-state index is 0.126. The van der Waals surface area contributed by atoms with Crippen LogP contribution in [0.3, 0.4) is 0 Å². The molecule has 1 aliphatic rings. The molecule has 156 valence electrons. The van der Waals surface area contributed by atoms with Gasteiger partial charge >= 0.3 is 0 Å². The van der Waals surface area contributed by atoms with Gasteiger partial charge < -0.3 is 10.5 Å². The zero-order valence-electron chi connectivity index (χ0n) is 17.0. The Morgan fingerprint density at radius 2 is 2.07 bits per heavy atom. The van der Waals surface area contributed by atoms with Gasteiger partial charge in [0.15, 0.2) is 23.0 Å². The molecule has 3 aromatic heterocycles. The molecule has 8 nitrogen and oxygen atoms in total. The second-order valence-electron chi connectivity index (χ2n) is 7.87. The van der Waals surface area contributed by atoms with E-state index >= 15 is 0 Å². The number of halogens is 1. The second kappa shape index (κ2) is 7.23. The fourth-order valence-electron chi connectivity index (χ4n) is 4.47. The Kier molecular flexibility index (Phi) is 4.52. The van der Waals surface area contributed by atoms with Crippen molar-refractivity contribution in [3.63, 3.8) is 0 Å². The first-order valence-corrected chi connectivity index (χ1v) is 10.3. The molecule has 0 amide bonds. The lowest BCUT2D eigenvalue weighted by molar-refractivity contribution is 0.382. The van der Waals surface area contributed by atoms with Crippen molar-refractivity contribution in [2.75, 3.05) is 12.8 Å². The summed E-state index contributed by atoms with van der Waals surface area (Å²) in [6.07, 6.45) is 8.32. The third kappa shape index (κ3) is 3.05. The van der Waals surface area contributed by atoms with Crippen LogP contribution in [0.2, 0.25) is 0 Å². The van der Waals surface area contributed by atoms with Crippen LogP contribution in [-0.4, -0.2) is 36.5 Å². The van der Waals surface area contributed by atoms with Crippen LogP contribution in [0.25, 0.3) is 16.6 Å². The molecule has 9 heteroatoms. The standard InChI is InChI=1S/C21H24FN7O/c1-3-28-11-14(10-24-28)12-5-4-6-13(7-12)19-26-20-15-8-16(22)18(30-2)9-17(15)25-21(23)29(20)27-19/h8-13H,3-7H2,1-2H3,(H2,23,25)/t12?,13-/m0/s1. The molecule has 0 spiro atoms. The third-order valence-corrected chi connectivity index (χ3v) is 6.07. The van der Waals surface area contributed by atoms with Crippen LogP contribution in [0.1, 0.15) is 55.8 Å². The number of anilines is 1. The molecular weight excluding hydrogens is 385 g/mol. The molecule has 1 aromatic carbocycles. The van der Waals surface area contributed by atoms with Crippen molar-refractivity contribution in [2.24, 2.45) is 0 Å². The number of rotatable bonds is 4. The third-order valence-electron chi connectivity index (χ3n) is 6.07. The smallest absolute Gasteiger partial charge is 0.223 e. The van der Waals surface area contributed by atoms with Gasteiger partial charge in [-0.3, -0.25) is 4.68 Å². The molecule has 4 aromatic rings. The van der Waals surface area contributed by atoms with Gasteiger partial charge in [0.25, 0.3) is 0 Å². The highest BCUT2D eigenvalue weighted by Crippen LogP contribution is 2.40. The monoisotopic (exact) mass is 409 g/mol. The molecule has 1 saturated carbocycles. The number of aromatic nitrogens is 6. The zero-order chi connectivity index (χ0) is 20.8. The molecule has 0 radical (unpaired) electrons. The van der Waals surface area contributed by atoms with Gasteiger partial charge in [0.05, 0.1) is 18.8 Å². The molecule has 0 bridgehead atoms. The van der Waals surface area contributed by atoms with E-state index in [2.05, 4.69) is 28.3 Å². The Morgan fingerprint density at radius 1 is 1.23 bits per heavy atom. The topological polar surface area (TPSA) is 96.1 Å². The predicted molar refractivity (Wildman–Crippen MR) is 111 cm³/mol. The highest BCUT2D eigenvalue weighted by atomic mass is 19.1. The number of hydrogen-bond acceptors (Lipinski definition) is 6. The van der Waals surface area contributed by atoms with E-state index in [0.717, 1.165) is 38.1 Å². The summed E-state index contributed by atoms with van der Waals surface area (Å²) in [6, 6.07) is 2.93. The molecule has 3 heterocycles. The number of hydrogen-bond donors (Lipinski definition) is 1. The van der Waals surface area contributed by atoms with E-state index in [9.17, 15) is 4.39 Å². The van der Waals surface area contributed by atoms with Crippen molar-refractivity contribution in [1.29, 1.82) is 0 Å². The molecule has 30 heavy (non-hydrogen) atoms.